The van der Waals surface area contributed by atoms with Crippen molar-refractivity contribution in [3.8, 4) is 22.3 Å². The monoisotopic (exact) mass is 994 g/mol. The van der Waals surface area contributed by atoms with Crippen molar-refractivity contribution >= 4 is 71.0 Å². The van der Waals surface area contributed by atoms with E-state index in [1.54, 1.807) is 0 Å². The second kappa shape index (κ2) is 16.2. The molecular formula is C50H64B4Br2O8. The molecule has 4 heterocycles. The van der Waals surface area contributed by atoms with Crippen LogP contribution in [0.15, 0.2) is 81.7 Å². The van der Waals surface area contributed by atoms with Crippen LogP contribution in [0, 0.1) is 0 Å². The predicted octanol–water partition coefficient (Wildman–Crippen LogP) is 10.9. The Bertz CT molecular complexity index is 2230. The summed E-state index contributed by atoms with van der Waals surface area (Å²) in [5.41, 5.74) is 10.2. The molecule has 0 spiro atoms. The Morgan fingerprint density at radius 3 is 0.844 bits per heavy atom. The summed E-state index contributed by atoms with van der Waals surface area (Å²) in [5, 5.41) is 0. The second-order valence-electron chi connectivity index (χ2n) is 22.2. The van der Waals surface area contributed by atoms with Crippen LogP contribution < -0.4 is 10.9 Å². The van der Waals surface area contributed by atoms with Crippen LogP contribution in [-0.4, -0.2) is 73.1 Å². The van der Waals surface area contributed by atoms with Crippen molar-refractivity contribution in [2.24, 2.45) is 0 Å². The molecule has 0 bridgehead atoms. The molecule has 0 atom stereocenters. The molecule has 4 fully saturated rings. The summed E-state index contributed by atoms with van der Waals surface area (Å²) in [6.07, 6.45) is 1.94. The van der Waals surface area contributed by atoms with E-state index in [0.717, 1.165) is 32.7 Å². The standard InChI is InChI=1S/C25H32B2O4.C13H8Br2.C12H24B2O4/c1-22(2)23(3,4)29-26(28-22)18-9-11-20-16(14-18)13-17-15-19(10-12-21(17)20)27-30-24(5,6)25(7,8)31-27;14-10-1-3-12-8(6-10)5-9-7-11(15)2-4-13(9)12;1-9(2)10(3,4)16-13(15-9)14-17-11(5,6)12(7,8)18-14/h9-12,14-15H,13H2,1-8H3;1-4,6-7H,5H2;1-8H3. The van der Waals surface area contributed by atoms with E-state index in [0.29, 0.717) is 0 Å². The van der Waals surface area contributed by atoms with Crippen molar-refractivity contribution in [1.29, 1.82) is 0 Å². The van der Waals surface area contributed by atoms with E-state index in [9.17, 15) is 0 Å². The highest BCUT2D eigenvalue weighted by molar-refractivity contribution is 9.10. The van der Waals surface area contributed by atoms with Gasteiger partial charge in [-0.25, -0.2) is 0 Å². The SMILES string of the molecule is Brc1ccc2c(c1)Cc1cc(Br)ccc1-2.CC1(C)OB(B2OC(C)(C)C(C)(C)O2)OC1(C)C.CC1(C)OB(c2ccc3c(c2)Cc2cc(B4OC(C)(C)C(C)(C)O4)ccc2-3)OC1(C)C. The number of fused-ring (bicyclic) bond motifs is 6. The van der Waals surface area contributed by atoms with Crippen molar-refractivity contribution in [2.75, 3.05) is 0 Å². The summed E-state index contributed by atoms with van der Waals surface area (Å²) >= 11 is 7.03. The van der Waals surface area contributed by atoms with Gasteiger partial charge in [-0.2, -0.15) is 0 Å². The van der Waals surface area contributed by atoms with Gasteiger partial charge in [-0.05, 0) is 203 Å². The average molecular weight is 996 g/mol. The fraction of sp³-hybridized carbons (Fsp3) is 0.520. The highest BCUT2D eigenvalue weighted by Crippen LogP contribution is 2.44. The van der Waals surface area contributed by atoms with Crippen LogP contribution in [0.4, 0.5) is 0 Å². The minimum Gasteiger partial charge on any atom is -0.405 e. The van der Waals surface area contributed by atoms with Crippen LogP contribution in [0.2, 0.25) is 0 Å². The summed E-state index contributed by atoms with van der Waals surface area (Å²) in [7, 11) is -1.62. The van der Waals surface area contributed by atoms with Crippen LogP contribution in [0.3, 0.4) is 0 Å². The molecule has 0 radical (unpaired) electrons. The predicted molar refractivity (Wildman–Crippen MR) is 268 cm³/mol. The zero-order valence-electron chi connectivity index (χ0n) is 40.7. The molecule has 338 valence electrons. The van der Waals surface area contributed by atoms with Gasteiger partial charge in [0, 0.05) is 8.95 Å². The van der Waals surface area contributed by atoms with Gasteiger partial charge < -0.3 is 37.2 Å². The molecule has 4 saturated heterocycles. The normalized spacial score (nSPS) is 23.7. The van der Waals surface area contributed by atoms with E-state index >= 15 is 0 Å². The average Bonchev–Trinajstić information content (AvgIpc) is 3.93. The van der Waals surface area contributed by atoms with Crippen LogP contribution in [-0.2, 0) is 50.1 Å². The minimum absolute atomic E-state index is 0.334. The Morgan fingerprint density at radius 2 is 0.562 bits per heavy atom. The quantitative estimate of drug-likeness (QED) is 0.162. The molecule has 8 nitrogen and oxygen atoms in total. The first-order valence-corrected chi connectivity index (χ1v) is 24.3. The zero-order chi connectivity index (χ0) is 46.8. The van der Waals surface area contributed by atoms with Gasteiger partial charge in [0.15, 0.2) is 0 Å². The van der Waals surface area contributed by atoms with E-state index in [1.165, 1.54) is 44.5 Å². The molecule has 0 saturated carbocycles. The van der Waals surface area contributed by atoms with Crippen LogP contribution in [0.25, 0.3) is 22.3 Å². The molecule has 64 heavy (non-hydrogen) atoms. The first-order chi connectivity index (χ1) is 29.4. The van der Waals surface area contributed by atoms with Gasteiger partial charge in [0.1, 0.15) is 0 Å². The summed E-state index contributed by atoms with van der Waals surface area (Å²) in [6, 6.07) is 26.2. The van der Waals surface area contributed by atoms with Gasteiger partial charge >= 0.3 is 28.3 Å². The summed E-state index contributed by atoms with van der Waals surface area (Å²) in [4.78, 5) is 0. The molecule has 10 rings (SSSR count). The van der Waals surface area contributed by atoms with E-state index in [2.05, 4.69) is 160 Å². The third kappa shape index (κ3) is 8.73. The van der Waals surface area contributed by atoms with Gasteiger partial charge in [-0.15, -0.1) is 0 Å². The molecule has 4 aromatic carbocycles. The Labute approximate surface area is 400 Å². The largest absolute Gasteiger partial charge is 0.494 e. The molecule has 0 amide bonds. The lowest BCUT2D eigenvalue weighted by atomic mass is 9.49. The van der Waals surface area contributed by atoms with Crippen molar-refractivity contribution < 1.29 is 37.2 Å². The molecule has 6 aliphatic rings. The third-order valence-corrected chi connectivity index (χ3v) is 16.5. The maximum absolute atomic E-state index is 6.26. The molecule has 2 aliphatic carbocycles. The van der Waals surface area contributed by atoms with Gasteiger partial charge in [0.25, 0.3) is 0 Å². The molecule has 14 heteroatoms. The number of halogens is 2. The third-order valence-electron chi connectivity index (χ3n) is 15.6. The summed E-state index contributed by atoms with van der Waals surface area (Å²) in [5.74, 6) is 0. The molecule has 0 unspecified atom stereocenters. The molecule has 0 aromatic heterocycles. The second-order valence-corrected chi connectivity index (χ2v) is 24.0. The smallest absolute Gasteiger partial charge is 0.405 e. The first kappa shape index (κ1) is 48.2. The van der Waals surface area contributed by atoms with Gasteiger partial charge in [-0.3, -0.25) is 0 Å². The number of benzene rings is 4. The zero-order valence-corrected chi connectivity index (χ0v) is 43.8. The van der Waals surface area contributed by atoms with Gasteiger partial charge in [-0.1, -0.05) is 80.4 Å². The van der Waals surface area contributed by atoms with Crippen molar-refractivity contribution in [2.45, 2.75) is 168 Å². The topological polar surface area (TPSA) is 73.8 Å². The van der Waals surface area contributed by atoms with Gasteiger partial charge in [0.05, 0.1) is 44.8 Å². The fourth-order valence-electron chi connectivity index (χ4n) is 8.65. The minimum atomic E-state index is -0.476. The van der Waals surface area contributed by atoms with Crippen molar-refractivity contribution in [1.82, 2.24) is 0 Å². The van der Waals surface area contributed by atoms with Gasteiger partial charge in [0.2, 0.25) is 0 Å². The van der Waals surface area contributed by atoms with Crippen molar-refractivity contribution in [3.63, 3.8) is 0 Å². The lowest BCUT2D eigenvalue weighted by molar-refractivity contribution is 0.00578. The lowest BCUT2D eigenvalue weighted by Crippen LogP contribution is -2.41. The van der Waals surface area contributed by atoms with Crippen LogP contribution >= 0.6 is 31.9 Å². The number of rotatable bonds is 3. The van der Waals surface area contributed by atoms with Crippen LogP contribution in [0.1, 0.15) is 133 Å². The molecule has 0 N–H and O–H groups in total. The molecule has 4 aliphatic heterocycles. The Kier molecular flexibility index (Phi) is 12.2. The van der Waals surface area contributed by atoms with E-state index < -0.39 is 14.0 Å². The highest BCUT2D eigenvalue weighted by Gasteiger charge is 2.64. The van der Waals surface area contributed by atoms with E-state index in [-0.39, 0.29) is 59.0 Å². The Hall–Kier alpha value is -2.22. The van der Waals surface area contributed by atoms with E-state index in [1.807, 2.05) is 55.4 Å². The molecular weight excluding hydrogens is 932 g/mol. The van der Waals surface area contributed by atoms with E-state index in [4.69, 9.17) is 37.2 Å². The maximum atomic E-state index is 6.26. The van der Waals surface area contributed by atoms with Crippen LogP contribution in [0.5, 0.6) is 0 Å². The Morgan fingerprint density at radius 1 is 0.328 bits per heavy atom. The summed E-state index contributed by atoms with van der Waals surface area (Å²) < 4.78 is 51.2. The highest BCUT2D eigenvalue weighted by atomic mass is 79.9. The fourth-order valence-corrected chi connectivity index (χ4v) is 9.47. The van der Waals surface area contributed by atoms with Crippen molar-refractivity contribution in [3.05, 3.63) is 104 Å². The number of hydrogen-bond donors (Lipinski definition) is 0. The lowest BCUT2D eigenvalue weighted by Gasteiger charge is -2.32. The Balaban J connectivity index is 0.000000144. The molecule has 4 aromatic rings. The summed E-state index contributed by atoms with van der Waals surface area (Å²) in [6.45, 7) is 32.9. The maximum Gasteiger partial charge on any atom is 0.494 e. The first-order valence-electron chi connectivity index (χ1n) is 22.7. The number of hydrogen-bond acceptors (Lipinski definition) is 8.